The fraction of sp³-hybridized carbons (Fsp3) is 0.435. The lowest BCUT2D eigenvalue weighted by molar-refractivity contribution is -0.137. The summed E-state index contributed by atoms with van der Waals surface area (Å²) < 4.78 is 47.1. The van der Waals surface area contributed by atoms with Gasteiger partial charge in [-0.2, -0.15) is 18.4 Å². The molecule has 36 heavy (non-hydrogen) atoms. The normalized spacial score (nSPS) is 18.8. The lowest BCUT2D eigenvalue weighted by Crippen LogP contribution is -2.56. The van der Waals surface area contributed by atoms with Crippen molar-refractivity contribution >= 4 is 33.3 Å². The Hall–Kier alpha value is -3.66. The first-order valence-electron chi connectivity index (χ1n) is 11.4. The second kappa shape index (κ2) is 9.09. The highest BCUT2D eigenvalue weighted by molar-refractivity contribution is 6.17. The standard InChI is InChI=1S/C23H26F3N7O2Si/c1-21(2,3)35-20(34)33-8-4-7-22(36,12-33)32-19-29-11-16(23(24,25)26)17(31-19)15-10-28-18-14(15)6-5-13(9-27)30-18/h5-6,10-11H,4,7-8,12H2,1-3,36H3,(H,28,30)(H,29,31,32)/t22-/m0/s1. The molecule has 13 heteroatoms. The van der Waals surface area contributed by atoms with Crippen molar-refractivity contribution in [3.05, 3.63) is 35.8 Å². The van der Waals surface area contributed by atoms with Gasteiger partial charge < -0.3 is 19.9 Å². The number of amides is 1. The smallest absolute Gasteiger partial charge is 0.419 e. The summed E-state index contributed by atoms with van der Waals surface area (Å²) in [5, 5.41) is 12.1. The minimum atomic E-state index is -4.69. The van der Waals surface area contributed by atoms with Crippen LogP contribution in [0.4, 0.5) is 23.9 Å². The van der Waals surface area contributed by atoms with Gasteiger partial charge in [0.15, 0.2) is 0 Å². The highest BCUT2D eigenvalue weighted by Gasteiger charge is 2.38. The van der Waals surface area contributed by atoms with E-state index in [2.05, 4.69) is 25.3 Å². The summed E-state index contributed by atoms with van der Waals surface area (Å²) in [6, 6.07) is 4.88. The van der Waals surface area contributed by atoms with Gasteiger partial charge in [0.2, 0.25) is 5.95 Å². The molecule has 0 spiro atoms. The molecule has 1 fully saturated rings. The van der Waals surface area contributed by atoms with Crippen molar-refractivity contribution in [2.75, 3.05) is 18.4 Å². The van der Waals surface area contributed by atoms with E-state index in [0.29, 0.717) is 41.6 Å². The summed E-state index contributed by atoms with van der Waals surface area (Å²) in [5.41, 5.74) is -1.31. The maximum Gasteiger partial charge on any atom is 0.419 e. The van der Waals surface area contributed by atoms with E-state index in [1.807, 2.05) is 6.07 Å². The summed E-state index contributed by atoms with van der Waals surface area (Å²) in [6.45, 7) is 6.24. The molecule has 3 aromatic rings. The van der Waals surface area contributed by atoms with Crippen LogP contribution >= 0.6 is 0 Å². The molecule has 190 valence electrons. The van der Waals surface area contributed by atoms with Gasteiger partial charge in [-0.15, -0.1) is 0 Å². The van der Waals surface area contributed by atoms with Gasteiger partial charge in [0, 0.05) is 51.8 Å². The molecule has 0 bridgehead atoms. The highest BCUT2D eigenvalue weighted by Crippen LogP contribution is 2.38. The van der Waals surface area contributed by atoms with E-state index in [0.717, 1.165) is 6.20 Å². The van der Waals surface area contributed by atoms with Crippen molar-refractivity contribution in [3.63, 3.8) is 0 Å². The summed E-state index contributed by atoms with van der Waals surface area (Å²) in [4.78, 5) is 29.4. The number of H-pyrrole nitrogens is 1. The number of aromatic nitrogens is 4. The molecule has 2 N–H and O–H groups in total. The highest BCUT2D eigenvalue weighted by atomic mass is 28.1. The van der Waals surface area contributed by atoms with Crippen molar-refractivity contribution < 1.29 is 22.7 Å². The van der Waals surface area contributed by atoms with E-state index in [-0.39, 0.29) is 28.5 Å². The molecule has 4 heterocycles. The zero-order valence-corrected chi connectivity index (χ0v) is 22.3. The molecule has 0 saturated carbocycles. The molecule has 0 unspecified atom stereocenters. The van der Waals surface area contributed by atoms with Crippen LogP contribution in [0.5, 0.6) is 0 Å². The molecule has 0 radical (unpaired) electrons. The zero-order valence-electron chi connectivity index (χ0n) is 20.3. The van der Waals surface area contributed by atoms with E-state index >= 15 is 0 Å². The number of alkyl halides is 3. The number of ether oxygens (including phenoxy) is 1. The van der Waals surface area contributed by atoms with Gasteiger partial charge in [-0.3, -0.25) is 0 Å². The SMILES string of the molecule is CC(C)(C)OC(=O)N1CCC[C@@]([SiH3])(Nc2ncc(C(F)(F)F)c(-c3c[nH]c4nc(C#N)ccc34)n2)C1. The van der Waals surface area contributed by atoms with Crippen LogP contribution in [0.15, 0.2) is 24.5 Å². The third-order valence-electron chi connectivity index (χ3n) is 5.76. The van der Waals surface area contributed by atoms with Gasteiger partial charge >= 0.3 is 12.3 Å². The van der Waals surface area contributed by atoms with Crippen molar-refractivity contribution in [2.45, 2.75) is 50.6 Å². The number of fused-ring (bicyclic) bond motifs is 1. The van der Waals surface area contributed by atoms with Gasteiger partial charge in [0.05, 0.1) is 5.69 Å². The number of likely N-dealkylation sites (tertiary alicyclic amines) is 1. The van der Waals surface area contributed by atoms with Gasteiger partial charge in [-0.1, -0.05) is 0 Å². The Bertz CT molecular complexity index is 1350. The van der Waals surface area contributed by atoms with Crippen LogP contribution in [0.3, 0.4) is 0 Å². The number of nitrogens with zero attached hydrogens (tertiary/aromatic N) is 5. The maximum atomic E-state index is 13.9. The molecular formula is C23H26F3N7O2Si. The molecule has 0 aliphatic carbocycles. The first-order valence-corrected chi connectivity index (χ1v) is 12.4. The monoisotopic (exact) mass is 517 g/mol. The van der Waals surface area contributed by atoms with Crippen LogP contribution in [-0.2, 0) is 10.9 Å². The van der Waals surface area contributed by atoms with Gasteiger partial charge in [-0.05, 0) is 45.7 Å². The van der Waals surface area contributed by atoms with Crippen LogP contribution in [-0.4, -0.2) is 65.0 Å². The van der Waals surface area contributed by atoms with Gasteiger partial charge in [-0.25, -0.2) is 19.7 Å². The van der Waals surface area contributed by atoms with E-state index in [4.69, 9.17) is 10.00 Å². The number of hydrogen-bond donors (Lipinski definition) is 2. The summed E-state index contributed by atoms with van der Waals surface area (Å²) in [5.74, 6) is 0.0370. The van der Waals surface area contributed by atoms with Crippen molar-refractivity contribution in [3.8, 4) is 17.3 Å². The second-order valence-electron chi connectivity index (χ2n) is 10.1. The molecule has 4 rings (SSSR count). The Balaban J connectivity index is 1.67. The third-order valence-corrected chi connectivity index (χ3v) is 6.83. The first-order chi connectivity index (χ1) is 16.8. The predicted molar refractivity (Wildman–Crippen MR) is 130 cm³/mol. The molecule has 1 saturated heterocycles. The summed E-state index contributed by atoms with van der Waals surface area (Å²) in [6.07, 6.45) is -1.54. The van der Waals surface area contributed by atoms with Crippen LogP contribution in [0.25, 0.3) is 22.3 Å². The van der Waals surface area contributed by atoms with Gasteiger partial charge in [0.1, 0.15) is 28.6 Å². The third kappa shape index (κ3) is 5.43. The molecule has 9 nitrogen and oxygen atoms in total. The second-order valence-corrected chi connectivity index (χ2v) is 12.0. The van der Waals surface area contributed by atoms with Crippen LogP contribution in [0.1, 0.15) is 44.9 Å². The number of carbonyl (C=O) groups is 1. The number of piperidine rings is 1. The Kier molecular flexibility index (Phi) is 6.42. The fourth-order valence-electron chi connectivity index (χ4n) is 4.21. The Morgan fingerprint density at radius 3 is 2.72 bits per heavy atom. The lowest BCUT2D eigenvalue weighted by Gasteiger charge is -2.41. The molecule has 0 aromatic carbocycles. The minimum absolute atomic E-state index is 0.0370. The number of carbonyl (C=O) groups excluding carboxylic acids is 1. The average Bonchev–Trinajstić information content (AvgIpc) is 3.20. The zero-order chi connectivity index (χ0) is 26.3. The molecule has 1 atom stereocenters. The first kappa shape index (κ1) is 25.4. The molecule has 1 aliphatic heterocycles. The number of aromatic amines is 1. The summed E-state index contributed by atoms with van der Waals surface area (Å²) >= 11 is 0. The molecular weight excluding hydrogens is 491 g/mol. The van der Waals surface area contributed by atoms with Crippen LogP contribution in [0.2, 0.25) is 0 Å². The number of anilines is 1. The number of hydrogen-bond acceptors (Lipinski definition) is 7. The fourth-order valence-corrected chi connectivity index (χ4v) is 5.17. The van der Waals surface area contributed by atoms with E-state index < -0.39 is 28.6 Å². The van der Waals surface area contributed by atoms with Crippen molar-refractivity contribution in [1.82, 2.24) is 24.8 Å². The van der Waals surface area contributed by atoms with E-state index in [9.17, 15) is 18.0 Å². The number of pyridine rings is 1. The maximum absolute atomic E-state index is 13.9. The quantitative estimate of drug-likeness (QED) is 0.511. The van der Waals surface area contributed by atoms with Crippen molar-refractivity contribution in [2.24, 2.45) is 0 Å². The number of nitriles is 1. The molecule has 1 aliphatic rings. The van der Waals surface area contributed by atoms with E-state index in [1.165, 1.54) is 18.3 Å². The Morgan fingerprint density at radius 1 is 1.31 bits per heavy atom. The van der Waals surface area contributed by atoms with Crippen LogP contribution < -0.4 is 5.32 Å². The Morgan fingerprint density at radius 2 is 2.06 bits per heavy atom. The summed E-state index contributed by atoms with van der Waals surface area (Å²) in [7, 11) is 0.580. The number of halogens is 3. The topological polar surface area (TPSA) is 120 Å². The average molecular weight is 518 g/mol. The predicted octanol–water partition coefficient (Wildman–Crippen LogP) is 3.41. The number of rotatable bonds is 3. The Labute approximate surface area is 208 Å². The van der Waals surface area contributed by atoms with Crippen LogP contribution in [0, 0.1) is 11.3 Å². The van der Waals surface area contributed by atoms with Gasteiger partial charge in [0.25, 0.3) is 0 Å². The van der Waals surface area contributed by atoms with Crippen molar-refractivity contribution in [1.29, 1.82) is 5.26 Å². The largest absolute Gasteiger partial charge is 0.444 e. The molecule has 3 aromatic heterocycles. The lowest BCUT2D eigenvalue weighted by atomic mass is 10.0. The number of nitrogens with one attached hydrogen (secondary N) is 2. The minimum Gasteiger partial charge on any atom is -0.444 e. The molecule has 1 amide bonds. The van der Waals surface area contributed by atoms with E-state index in [1.54, 1.807) is 25.7 Å².